The van der Waals surface area contributed by atoms with Gasteiger partial charge in [0.1, 0.15) is 11.5 Å². The van der Waals surface area contributed by atoms with E-state index >= 15 is 0 Å². The molecule has 8 nitrogen and oxygen atoms in total. The minimum Gasteiger partial charge on any atom is -0.481 e. The van der Waals surface area contributed by atoms with E-state index in [0.29, 0.717) is 6.33 Å². The predicted octanol–water partition coefficient (Wildman–Crippen LogP) is 1.15. The van der Waals surface area contributed by atoms with Crippen LogP contribution in [0.2, 0.25) is 0 Å². The fourth-order valence-electron chi connectivity index (χ4n) is 2.49. The maximum atomic E-state index is 12.7. The third-order valence-electron chi connectivity index (χ3n) is 4.51. The Balaban J connectivity index is 2.05. The van der Waals surface area contributed by atoms with Crippen molar-refractivity contribution >= 4 is 16.0 Å². The molecule has 0 amide bonds. The number of halogens is 1. The minimum atomic E-state index is -3.76. The fraction of sp³-hybridized carbons (Fsp3) is 0.500. The number of carboxylic acid groups (broad SMARTS) is 1. The quantitative estimate of drug-likeness (QED) is 0.719. The van der Waals surface area contributed by atoms with E-state index in [4.69, 9.17) is 10.5 Å². The number of rotatable bonds is 7. The zero-order chi connectivity index (χ0) is 19.4. The van der Waals surface area contributed by atoms with Crippen molar-refractivity contribution < 1.29 is 27.4 Å². The zero-order valence-electron chi connectivity index (χ0n) is 14.4. The highest BCUT2D eigenvalue weighted by Gasteiger charge is 2.40. The standard InChI is InChI=1S/C16H22FN3O5S/c1-16(15(21)22)4-6-20(7-5-16)26(23,24)13-2-3-14(19-10-13)25-11-12(8-17)9-18/h2-3,8,10H,4-7,9,11,18H2,1H3,(H,21,22)/b12-8+. The van der Waals surface area contributed by atoms with Crippen LogP contribution < -0.4 is 10.5 Å². The first-order chi connectivity index (χ1) is 12.2. The van der Waals surface area contributed by atoms with Crippen LogP contribution in [0.25, 0.3) is 0 Å². The molecule has 144 valence electrons. The van der Waals surface area contributed by atoms with Crippen LogP contribution in [0.5, 0.6) is 5.88 Å². The van der Waals surface area contributed by atoms with Crippen LogP contribution in [-0.4, -0.2) is 55.0 Å². The van der Waals surface area contributed by atoms with E-state index < -0.39 is 21.4 Å². The van der Waals surface area contributed by atoms with E-state index in [-0.39, 0.29) is 55.4 Å². The second kappa shape index (κ2) is 8.11. The van der Waals surface area contributed by atoms with Crippen LogP contribution in [-0.2, 0) is 14.8 Å². The van der Waals surface area contributed by atoms with Gasteiger partial charge in [0.25, 0.3) is 0 Å². The molecular weight excluding hydrogens is 365 g/mol. The number of nitrogens with two attached hydrogens (primary N) is 1. The molecule has 1 aromatic heterocycles. The normalized spacial score (nSPS) is 18.5. The summed E-state index contributed by atoms with van der Waals surface area (Å²) in [4.78, 5) is 15.2. The second-order valence-electron chi connectivity index (χ2n) is 6.36. The van der Waals surface area contributed by atoms with Gasteiger partial charge in [0, 0.05) is 31.3 Å². The first-order valence-corrected chi connectivity index (χ1v) is 9.47. The molecule has 0 unspecified atom stereocenters. The van der Waals surface area contributed by atoms with Crippen LogP contribution in [0.3, 0.4) is 0 Å². The molecular formula is C16H22FN3O5S. The monoisotopic (exact) mass is 387 g/mol. The van der Waals surface area contributed by atoms with Crippen molar-refractivity contribution in [2.75, 3.05) is 26.2 Å². The number of pyridine rings is 1. The van der Waals surface area contributed by atoms with Crippen LogP contribution in [0, 0.1) is 5.41 Å². The lowest BCUT2D eigenvalue weighted by molar-refractivity contribution is -0.150. The molecule has 1 aliphatic heterocycles. The molecule has 0 aliphatic carbocycles. The largest absolute Gasteiger partial charge is 0.481 e. The fourth-order valence-corrected chi connectivity index (χ4v) is 3.88. The molecule has 1 aliphatic rings. The highest BCUT2D eigenvalue weighted by atomic mass is 32.2. The highest BCUT2D eigenvalue weighted by Crippen LogP contribution is 2.33. The summed E-state index contributed by atoms with van der Waals surface area (Å²) >= 11 is 0. The zero-order valence-corrected chi connectivity index (χ0v) is 15.2. The summed E-state index contributed by atoms with van der Waals surface area (Å²) in [7, 11) is -3.76. The Kier molecular flexibility index (Phi) is 6.32. The van der Waals surface area contributed by atoms with E-state index in [9.17, 15) is 22.7 Å². The van der Waals surface area contributed by atoms with Gasteiger partial charge in [0.15, 0.2) is 0 Å². The number of ether oxygens (including phenoxy) is 1. The van der Waals surface area contributed by atoms with Gasteiger partial charge < -0.3 is 15.6 Å². The molecule has 2 heterocycles. The molecule has 0 radical (unpaired) electrons. The van der Waals surface area contributed by atoms with Crippen molar-refractivity contribution in [2.45, 2.75) is 24.7 Å². The Bertz CT molecular complexity index is 772. The molecule has 3 N–H and O–H groups in total. The maximum Gasteiger partial charge on any atom is 0.309 e. The number of nitrogens with zero attached hydrogens (tertiary/aromatic N) is 2. The number of hydrogen-bond acceptors (Lipinski definition) is 6. The van der Waals surface area contributed by atoms with E-state index in [2.05, 4.69) is 4.98 Å². The van der Waals surface area contributed by atoms with Gasteiger partial charge in [0.2, 0.25) is 15.9 Å². The van der Waals surface area contributed by atoms with E-state index in [1.54, 1.807) is 6.92 Å². The summed E-state index contributed by atoms with van der Waals surface area (Å²) < 4.78 is 44.2. The van der Waals surface area contributed by atoms with Crippen molar-refractivity contribution in [3.63, 3.8) is 0 Å². The molecule has 1 saturated heterocycles. The summed E-state index contributed by atoms with van der Waals surface area (Å²) in [6.07, 6.45) is 2.01. The number of hydrogen-bond donors (Lipinski definition) is 2. The number of aromatic nitrogens is 1. The average molecular weight is 387 g/mol. The van der Waals surface area contributed by atoms with Crippen LogP contribution in [0.4, 0.5) is 4.39 Å². The predicted molar refractivity (Wildman–Crippen MR) is 91.7 cm³/mol. The average Bonchev–Trinajstić information content (AvgIpc) is 2.63. The smallest absolute Gasteiger partial charge is 0.309 e. The molecule has 0 aromatic carbocycles. The highest BCUT2D eigenvalue weighted by molar-refractivity contribution is 7.89. The Morgan fingerprint density at radius 2 is 2.12 bits per heavy atom. The molecule has 10 heteroatoms. The van der Waals surface area contributed by atoms with Crippen molar-refractivity contribution in [3.05, 3.63) is 30.2 Å². The number of piperidine rings is 1. The number of sulfonamides is 1. The topological polar surface area (TPSA) is 123 Å². The van der Waals surface area contributed by atoms with E-state index in [1.165, 1.54) is 16.4 Å². The van der Waals surface area contributed by atoms with Crippen LogP contribution >= 0.6 is 0 Å². The number of carbonyl (C=O) groups is 1. The lowest BCUT2D eigenvalue weighted by atomic mass is 9.81. The lowest BCUT2D eigenvalue weighted by Gasteiger charge is -2.35. The molecule has 0 spiro atoms. The first-order valence-electron chi connectivity index (χ1n) is 8.03. The van der Waals surface area contributed by atoms with Gasteiger partial charge in [-0.15, -0.1) is 0 Å². The number of carboxylic acids is 1. The molecule has 1 fully saturated rings. The Morgan fingerprint density at radius 3 is 2.58 bits per heavy atom. The number of aliphatic carboxylic acids is 1. The van der Waals surface area contributed by atoms with Gasteiger partial charge in [-0.05, 0) is 25.8 Å². The Labute approximate surface area is 151 Å². The summed E-state index contributed by atoms with van der Waals surface area (Å²) in [5.41, 5.74) is 4.66. The first kappa shape index (κ1) is 20.3. The van der Waals surface area contributed by atoms with Gasteiger partial charge in [-0.2, -0.15) is 4.31 Å². The Morgan fingerprint density at radius 1 is 1.46 bits per heavy atom. The molecule has 2 rings (SSSR count). The molecule has 26 heavy (non-hydrogen) atoms. The van der Waals surface area contributed by atoms with E-state index in [0.717, 1.165) is 6.20 Å². The molecule has 0 atom stereocenters. The van der Waals surface area contributed by atoms with Crippen LogP contribution in [0.1, 0.15) is 19.8 Å². The van der Waals surface area contributed by atoms with Gasteiger partial charge >= 0.3 is 5.97 Å². The lowest BCUT2D eigenvalue weighted by Crippen LogP contribution is -2.45. The van der Waals surface area contributed by atoms with Gasteiger partial charge in [0.05, 0.1) is 17.9 Å². The van der Waals surface area contributed by atoms with Crippen molar-refractivity contribution in [3.8, 4) is 5.88 Å². The van der Waals surface area contributed by atoms with Crippen molar-refractivity contribution in [2.24, 2.45) is 11.1 Å². The summed E-state index contributed by atoms with van der Waals surface area (Å²) in [6.45, 7) is 1.81. The van der Waals surface area contributed by atoms with Crippen molar-refractivity contribution in [1.82, 2.24) is 9.29 Å². The second-order valence-corrected chi connectivity index (χ2v) is 8.30. The van der Waals surface area contributed by atoms with Crippen LogP contribution in [0.15, 0.2) is 35.1 Å². The Hall–Kier alpha value is -2.04. The molecule has 0 bridgehead atoms. The minimum absolute atomic E-state index is 0.00713. The molecule has 0 saturated carbocycles. The third kappa shape index (κ3) is 4.37. The van der Waals surface area contributed by atoms with E-state index in [1.807, 2.05) is 0 Å². The summed E-state index contributed by atoms with van der Waals surface area (Å²) in [6, 6.07) is 2.73. The SMILES string of the molecule is CC1(C(=O)O)CCN(S(=O)(=O)c2ccc(OC/C(=C/F)CN)nc2)CC1. The van der Waals surface area contributed by atoms with Gasteiger partial charge in [-0.3, -0.25) is 4.79 Å². The molecule has 1 aromatic rings. The summed E-state index contributed by atoms with van der Waals surface area (Å²) in [5, 5.41) is 9.23. The maximum absolute atomic E-state index is 12.7. The van der Waals surface area contributed by atoms with Gasteiger partial charge in [-0.1, -0.05) is 0 Å². The van der Waals surface area contributed by atoms with Gasteiger partial charge in [-0.25, -0.2) is 17.8 Å². The summed E-state index contributed by atoms with van der Waals surface area (Å²) in [5.74, 6) is -0.772. The third-order valence-corrected chi connectivity index (χ3v) is 6.39. The van der Waals surface area contributed by atoms with Crippen molar-refractivity contribution in [1.29, 1.82) is 0 Å².